The van der Waals surface area contributed by atoms with Crippen LogP contribution in [0.3, 0.4) is 0 Å². The first-order valence-electron chi connectivity index (χ1n) is 9.34. The number of likely N-dealkylation sites (tertiary alicyclic amines) is 1. The lowest BCUT2D eigenvalue weighted by atomic mass is 10.0. The number of aromatic nitrogens is 1. The van der Waals surface area contributed by atoms with Crippen molar-refractivity contribution in [3.8, 4) is 10.4 Å². The first-order valence-corrected chi connectivity index (χ1v) is 10.2. The molecule has 0 atom stereocenters. The van der Waals surface area contributed by atoms with Crippen LogP contribution in [0.15, 0.2) is 66.3 Å². The minimum absolute atomic E-state index is 0.0230. The molecular formula is C22H23N3OS. The Morgan fingerprint density at radius 2 is 2.04 bits per heavy atom. The highest BCUT2D eigenvalue weighted by Gasteiger charge is 2.21. The zero-order valence-corrected chi connectivity index (χ0v) is 16.0. The van der Waals surface area contributed by atoms with E-state index in [9.17, 15) is 4.79 Å². The van der Waals surface area contributed by atoms with E-state index >= 15 is 0 Å². The van der Waals surface area contributed by atoms with Crippen LogP contribution in [0, 0.1) is 0 Å². The molecule has 1 N–H and O–H groups in total. The molecule has 1 fully saturated rings. The van der Waals surface area contributed by atoms with Crippen molar-refractivity contribution in [1.29, 1.82) is 0 Å². The minimum atomic E-state index is -0.0230. The van der Waals surface area contributed by atoms with Crippen LogP contribution in [0.25, 0.3) is 10.4 Å². The topological polar surface area (TPSA) is 45.2 Å². The van der Waals surface area contributed by atoms with Crippen LogP contribution >= 0.6 is 11.3 Å². The average molecular weight is 378 g/mol. The van der Waals surface area contributed by atoms with Gasteiger partial charge in [0.25, 0.3) is 5.91 Å². The van der Waals surface area contributed by atoms with Crippen molar-refractivity contribution in [2.75, 3.05) is 13.1 Å². The van der Waals surface area contributed by atoms with Crippen LogP contribution in [-0.2, 0) is 6.54 Å². The molecule has 0 saturated carbocycles. The van der Waals surface area contributed by atoms with Gasteiger partial charge in [-0.15, -0.1) is 11.3 Å². The number of nitrogens with zero attached hydrogens (tertiary/aromatic N) is 2. The second-order valence-corrected chi connectivity index (χ2v) is 7.89. The summed E-state index contributed by atoms with van der Waals surface area (Å²) in [5.41, 5.74) is 3.27. The molecule has 3 heterocycles. The smallest absolute Gasteiger partial charge is 0.253 e. The van der Waals surface area contributed by atoms with Gasteiger partial charge >= 0.3 is 0 Å². The van der Waals surface area contributed by atoms with Crippen molar-refractivity contribution in [2.24, 2.45) is 0 Å². The third-order valence-electron chi connectivity index (χ3n) is 4.99. The minimum Gasteiger partial charge on any atom is -0.349 e. The van der Waals surface area contributed by atoms with Gasteiger partial charge in [0.15, 0.2) is 0 Å². The first kappa shape index (κ1) is 17.9. The zero-order valence-electron chi connectivity index (χ0n) is 15.2. The molecule has 1 aliphatic rings. The molecule has 4 rings (SSSR count). The fraction of sp³-hybridized carbons (Fsp3) is 0.273. The number of amides is 1. The molecule has 4 nitrogen and oxygen atoms in total. The molecule has 1 amide bonds. The van der Waals surface area contributed by atoms with E-state index in [0.717, 1.165) is 32.5 Å². The van der Waals surface area contributed by atoms with Crippen molar-refractivity contribution < 1.29 is 4.79 Å². The summed E-state index contributed by atoms with van der Waals surface area (Å²) in [4.78, 5) is 20.1. The van der Waals surface area contributed by atoms with Gasteiger partial charge in [-0.1, -0.05) is 24.3 Å². The van der Waals surface area contributed by atoms with Gasteiger partial charge in [0.2, 0.25) is 0 Å². The van der Waals surface area contributed by atoms with E-state index in [1.54, 1.807) is 35.9 Å². The Balaban J connectivity index is 1.30. The number of thiophene rings is 1. The van der Waals surface area contributed by atoms with Crippen molar-refractivity contribution in [3.05, 3.63) is 77.4 Å². The van der Waals surface area contributed by atoms with E-state index in [4.69, 9.17) is 0 Å². The Bertz CT molecular complexity index is 872. The third-order valence-corrected chi connectivity index (χ3v) is 5.90. The second kappa shape index (κ2) is 8.46. The molecular weight excluding hydrogens is 354 g/mol. The summed E-state index contributed by atoms with van der Waals surface area (Å²) >= 11 is 1.78. The highest BCUT2D eigenvalue weighted by Crippen LogP contribution is 2.26. The summed E-state index contributed by atoms with van der Waals surface area (Å²) in [7, 11) is 0. The Morgan fingerprint density at radius 1 is 1.15 bits per heavy atom. The Labute approximate surface area is 163 Å². The van der Waals surface area contributed by atoms with Crippen LogP contribution in [0.1, 0.15) is 28.8 Å². The number of piperidine rings is 1. The summed E-state index contributed by atoms with van der Waals surface area (Å²) in [6.45, 7) is 2.96. The largest absolute Gasteiger partial charge is 0.349 e. The molecule has 3 aromatic rings. The molecule has 0 bridgehead atoms. The second-order valence-electron chi connectivity index (χ2n) is 6.94. The molecule has 2 aromatic heterocycles. The van der Waals surface area contributed by atoms with E-state index in [0.29, 0.717) is 5.56 Å². The van der Waals surface area contributed by atoms with E-state index < -0.39 is 0 Å². The fourth-order valence-electron chi connectivity index (χ4n) is 3.53. The Hall–Kier alpha value is -2.50. The standard InChI is InChI=1S/C22H23N3OS/c26-22(19-6-2-10-23-15-19)24-20-8-11-25(12-9-20)16-17-4-1-5-18(14-17)21-7-3-13-27-21/h1-7,10,13-15,20H,8-9,11-12,16H2,(H,24,26). The van der Waals surface area contributed by atoms with Gasteiger partial charge in [-0.05, 0) is 53.6 Å². The number of pyridine rings is 1. The van der Waals surface area contributed by atoms with Crippen molar-refractivity contribution >= 4 is 17.2 Å². The number of hydrogen-bond acceptors (Lipinski definition) is 4. The molecule has 1 aromatic carbocycles. The molecule has 27 heavy (non-hydrogen) atoms. The maximum absolute atomic E-state index is 12.3. The lowest BCUT2D eigenvalue weighted by Crippen LogP contribution is -2.44. The summed E-state index contributed by atoms with van der Waals surface area (Å²) in [5, 5.41) is 5.26. The number of carbonyl (C=O) groups is 1. The molecule has 1 aliphatic heterocycles. The predicted octanol–water partition coefficient (Wildman–Crippen LogP) is 4.20. The van der Waals surface area contributed by atoms with E-state index in [1.165, 1.54) is 16.0 Å². The van der Waals surface area contributed by atoms with Crippen LogP contribution in [0.5, 0.6) is 0 Å². The molecule has 0 spiro atoms. The Morgan fingerprint density at radius 3 is 2.78 bits per heavy atom. The first-order chi connectivity index (χ1) is 13.3. The van der Waals surface area contributed by atoms with Crippen molar-refractivity contribution in [2.45, 2.75) is 25.4 Å². The van der Waals surface area contributed by atoms with Crippen LogP contribution in [0.2, 0.25) is 0 Å². The predicted molar refractivity (Wildman–Crippen MR) is 110 cm³/mol. The third kappa shape index (κ3) is 4.62. The lowest BCUT2D eigenvalue weighted by Gasteiger charge is -2.32. The van der Waals surface area contributed by atoms with E-state index in [-0.39, 0.29) is 11.9 Å². The lowest BCUT2D eigenvalue weighted by molar-refractivity contribution is 0.0908. The number of benzene rings is 1. The highest BCUT2D eigenvalue weighted by atomic mass is 32.1. The highest BCUT2D eigenvalue weighted by molar-refractivity contribution is 7.13. The van der Waals surface area contributed by atoms with E-state index in [1.807, 2.05) is 0 Å². The molecule has 0 radical (unpaired) electrons. The van der Waals surface area contributed by atoms with Crippen molar-refractivity contribution in [3.63, 3.8) is 0 Å². The number of nitrogens with one attached hydrogen (secondary N) is 1. The van der Waals surface area contributed by atoms with Gasteiger partial charge in [-0.2, -0.15) is 0 Å². The molecule has 138 valence electrons. The normalized spacial score (nSPS) is 15.6. The quantitative estimate of drug-likeness (QED) is 0.725. The molecule has 0 unspecified atom stereocenters. The van der Waals surface area contributed by atoms with Gasteiger partial charge in [-0.3, -0.25) is 14.7 Å². The monoisotopic (exact) mass is 377 g/mol. The van der Waals surface area contributed by atoms with E-state index in [2.05, 4.69) is 57.0 Å². The summed E-state index contributed by atoms with van der Waals surface area (Å²) in [5.74, 6) is -0.0230. The maximum atomic E-state index is 12.3. The fourth-order valence-corrected chi connectivity index (χ4v) is 4.25. The van der Waals surface area contributed by atoms with Gasteiger partial charge < -0.3 is 5.32 Å². The molecule has 0 aliphatic carbocycles. The zero-order chi connectivity index (χ0) is 18.5. The van der Waals surface area contributed by atoms with Gasteiger partial charge in [0.05, 0.1) is 5.56 Å². The summed E-state index contributed by atoms with van der Waals surface area (Å²) < 4.78 is 0. The number of carbonyl (C=O) groups excluding carboxylic acids is 1. The van der Waals surface area contributed by atoms with Crippen LogP contribution in [-0.4, -0.2) is 34.9 Å². The van der Waals surface area contributed by atoms with Gasteiger partial charge in [0.1, 0.15) is 0 Å². The molecule has 1 saturated heterocycles. The molecule has 5 heteroatoms. The van der Waals surface area contributed by atoms with Crippen molar-refractivity contribution in [1.82, 2.24) is 15.2 Å². The number of rotatable bonds is 5. The van der Waals surface area contributed by atoms with Crippen LogP contribution in [0.4, 0.5) is 0 Å². The van der Waals surface area contributed by atoms with Gasteiger partial charge in [-0.25, -0.2) is 0 Å². The Kier molecular flexibility index (Phi) is 5.61. The summed E-state index contributed by atoms with van der Waals surface area (Å²) in [6.07, 6.45) is 5.26. The number of hydrogen-bond donors (Lipinski definition) is 1. The SMILES string of the molecule is O=C(NC1CCN(Cc2cccc(-c3cccs3)c2)CC1)c1cccnc1. The van der Waals surface area contributed by atoms with Crippen LogP contribution < -0.4 is 5.32 Å². The van der Waals surface area contributed by atoms with Gasteiger partial charge in [0, 0.05) is 42.9 Å². The maximum Gasteiger partial charge on any atom is 0.253 e. The summed E-state index contributed by atoms with van der Waals surface area (Å²) in [6, 6.07) is 16.9. The average Bonchev–Trinajstić information content (AvgIpc) is 3.25.